The molecule has 0 unspecified atom stereocenters. The van der Waals surface area contributed by atoms with Gasteiger partial charge in [-0.05, 0) is 12.5 Å². The predicted molar refractivity (Wildman–Crippen MR) is 54.0 cm³/mol. The summed E-state index contributed by atoms with van der Waals surface area (Å²) in [7, 11) is 0. The molecule has 1 rings (SSSR count). The normalized spacial score (nSPS) is 10.4. The lowest BCUT2D eigenvalue weighted by Crippen LogP contribution is -2.24. The molecular formula is C9H15N3O2. The van der Waals surface area contributed by atoms with E-state index in [0.717, 1.165) is 6.42 Å². The van der Waals surface area contributed by atoms with Crippen LogP contribution in [0.15, 0.2) is 16.9 Å². The molecule has 14 heavy (non-hydrogen) atoms. The molecule has 1 heterocycles. The average molecular weight is 197 g/mol. The van der Waals surface area contributed by atoms with Gasteiger partial charge in [0.25, 0.3) is 5.56 Å². The van der Waals surface area contributed by atoms with E-state index in [1.54, 1.807) is 0 Å². The summed E-state index contributed by atoms with van der Waals surface area (Å²) in [5.74, 6) is 0.347. The highest BCUT2D eigenvalue weighted by molar-refractivity contribution is 5.23. The molecule has 1 aromatic rings. The maximum atomic E-state index is 11.2. The van der Waals surface area contributed by atoms with Crippen molar-refractivity contribution in [1.82, 2.24) is 9.78 Å². The Morgan fingerprint density at radius 1 is 1.50 bits per heavy atom. The number of hydrogen-bond acceptors (Lipinski definition) is 4. The van der Waals surface area contributed by atoms with Gasteiger partial charge >= 0.3 is 0 Å². The van der Waals surface area contributed by atoms with Gasteiger partial charge in [0, 0.05) is 12.7 Å². The summed E-state index contributed by atoms with van der Waals surface area (Å²) in [5.41, 5.74) is 5.29. The number of anilines is 1. The van der Waals surface area contributed by atoms with Crippen LogP contribution in [-0.2, 0) is 11.3 Å². The summed E-state index contributed by atoms with van der Waals surface area (Å²) in [6, 6.07) is 2.90. The first kappa shape index (κ1) is 10.7. The zero-order chi connectivity index (χ0) is 10.4. The molecular weight excluding hydrogens is 182 g/mol. The third-order valence-corrected chi connectivity index (χ3v) is 1.68. The van der Waals surface area contributed by atoms with Gasteiger partial charge in [0.15, 0.2) is 0 Å². The molecule has 0 saturated heterocycles. The number of aromatic nitrogens is 2. The zero-order valence-electron chi connectivity index (χ0n) is 8.27. The standard InChI is InChI=1S/C9H15N3O2/c1-2-6-14-7-5-12-9(13)4-3-8(10)11-12/h3-4H,2,5-7H2,1H3,(H2,10,11). The van der Waals surface area contributed by atoms with Crippen LogP contribution in [0.1, 0.15) is 13.3 Å². The van der Waals surface area contributed by atoms with Gasteiger partial charge < -0.3 is 10.5 Å². The average Bonchev–Trinajstić information content (AvgIpc) is 2.18. The molecule has 78 valence electrons. The maximum absolute atomic E-state index is 11.2. The second-order valence-electron chi connectivity index (χ2n) is 2.93. The van der Waals surface area contributed by atoms with E-state index in [0.29, 0.717) is 25.6 Å². The quantitative estimate of drug-likeness (QED) is 0.687. The molecule has 5 nitrogen and oxygen atoms in total. The largest absolute Gasteiger partial charge is 0.382 e. The van der Waals surface area contributed by atoms with Crippen LogP contribution in [0.2, 0.25) is 0 Å². The fourth-order valence-corrected chi connectivity index (χ4v) is 1.02. The fourth-order valence-electron chi connectivity index (χ4n) is 1.02. The lowest BCUT2D eigenvalue weighted by atomic mass is 10.5. The first-order valence-electron chi connectivity index (χ1n) is 4.65. The van der Waals surface area contributed by atoms with Crippen molar-refractivity contribution in [3.05, 3.63) is 22.5 Å². The number of hydrogen-bond donors (Lipinski definition) is 1. The van der Waals surface area contributed by atoms with Crippen molar-refractivity contribution in [3.63, 3.8) is 0 Å². The number of nitrogens with zero attached hydrogens (tertiary/aromatic N) is 2. The summed E-state index contributed by atoms with van der Waals surface area (Å²) >= 11 is 0. The fraction of sp³-hybridized carbons (Fsp3) is 0.556. The highest BCUT2D eigenvalue weighted by Crippen LogP contribution is 1.89. The molecule has 0 aromatic carbocycles. The molecule has 1 aromatic heterocycles. The van der Waals surface area contributed by atoms with E-state index in [4.69, 9.17) is 10.5 Å². The second kappa shape index (κ2) is 5.39. The molecule has 0 spiro atoms. The third-order valence-electron chi connectivity index (χ3n) is 1.68. The minimum absolute atomic E-state index is 0.153. The van der Waals surface area contributed by atoms with Crippen molar-refractivity contribution in [2.45, 2.75) is 19.9 Å². The molecule has 0 aliphatic heterocycles. The molecule has 2 N–H and O–H groups in total. The Balaban J connectivity index is 2.49. The van der Waals surface area contributed by atoms with Gasteiger partial charge in [-0.1, -0.05) is 6.92 Å². The third kappa shape index (κ3) is 3.18. The van der Waals surface area contributed by atoms with Crippen LogP contribution in [0.5, 0.6) is 0 Å². The summed E-state index contributed by atoms with van der Waals surface area (Å²) in [4.78, 5) is 11.2. The Bertz CT molecular complexity index is 335. The van der Waals surface area contributed by atoms with Crippen molar-refractivity contribution >= 4 is 5.82 Å². The van der Waals surface area contributed by atoms with Gasteiger partial charge in [0.05, 0.1) is 13.2 Å². The molecule has 0 radical (unpaired) electrons. The van der Waals surface area contributed by atoms with E-state index < -0.39 is 0 Å². The SMILES string of the molecule is CCCOCCn1nc(N)ccc1=O. The zero-order valence-corrected chi connectivity index (χ0v) is 8.27. The van der Waals surface area contributed by atoms with Crippen molar-refractivity contribution < 1.29 is 4.74 Å². The van der Waals surface area contributed by atoms with Crippen molar-refractivity contribution in [3.8, 4) is 0 Å². The summed E-state index contributed by atoms with van der Waals surface area (Å²) in [6.07, 6.45) is 0.971. The smallest absolute Gasteiger partial charge is 0.266 e. The lowest BCUT2D eigenvalue weighted by molar-refractivity contribution is 0.123. The Hall–Kier alpha value is -1.36. The summed E-state index contributed by atoms with van der Waals surface area (Å²) in [5, 5.41) is 3.87. The second-order valence-corrected chi connectivity index (χ2v) is 2.93. The van der Waals surface area contributed by atoms with E-state index in [1.165, 1.54) is 16.8 Å². The van der Waals surface area contributed by atoms with Crippen LogP contribution >= 0.6 is 0 Å². The highest BCUT2D eigenvalue weighted by Gasteiger charge is 1.97. The van der Waals surface area contributed by atoms with E-state index in [-0.39, 0.29) is 5.56 Å². The number of ether oxygens (including phenoxy) is 1. The summed E-state index contributed by atoms with van der Waals surface area (Å²) in [6.45, 7) is 3.68. The van der Waals surface area contributed by atoms with Crippen molar-refractivity contribution in [2.75, 3.05) is 18.9 Å². The Kier molecular flexibility index (Phi) is 4.12. The van der Waals surface area contributed by atoms with Crippen LogP contribution in [0.3, 0.4) is 0 Å². The molecule has 0 aliphatic carbocycles. The van der Waals surface area contributed by atoms with Crippen LogP contribution in [0.25, 0.3) is 0 Å². The molecule has 5 heteroatoms. The minimum Gasteiger partial charge on any atom is -0.382 e. The predicted octanol–water partition coefficient (Wildman–Crippen LogP) is 0.252. The van der Waals surface area contributed by atoms with Crippen LogP contribution in [0, 0.1) is 0 Å². The topological polar surface area (TPSA) is 70.1 Å². The lowest BCUT2D eigenvalue weighted by Gasteiger charge is -2.04. The van der Waals surface area contributed by atoms with Gasteiger partial charge in [-0.3, -0.25) is 4.79 Å². The Morgan fingerprint density at radius 3 is 3.00 bits per heavy atom. The van der Waals surface area contributed by atoms with Gasteiger partial charge in [-0.15, -0.1) is 0 Å². The molecule has 0 bridgehead atoms. The minimum atomic E-state index is -0.153. The monoisotopic (exact) mass is 197 g/mol. The Morgan fingerprint density at radius 2 is 2.29 bits per heavy atom. The maximum Gasteiger partial charge on any atom is 0.266 e. The van der Waals surface area contributed by atoms with Gasteiger partial charge in [0.1, 0.15) is 5.82 Å². The van der Waals surface area contributed by atoms with E-state index in [9.17, 15) is 4.79 Å². The highest BCUT2D eigenvalue weighted by atomic mass is 16.5. The van der Waals surface area contributed by atoms with Crippen LogP contribution < -0.4 is 11.3 Å². The van der Waals surface area contributed by atoms with Crippen LogP contribution in [0.4, 0.5) is 5.82 Å². The van der Waals surface area contributed by atoms with Gasteiger partial charge in [-0.2, -0.15) is 5.10 Å². The molecule has 0 atom stereocenters. The van der Waals surface area contributed by atoms with Crippen molar-refractivity contribution in [1.29, 1.82) is 0 Å². The molecule has 0 saturated carbocycles. The van der Waals surface area contributed by atoms with E-state index >= 15 is 0 Å². The van der Waals surface area contributed by atoms with Gasteiger partial charge in [-0.25, -0.2) is 4.68 Å². The van der Waals surface area contributed by atoms with Gasteiger partial charge in [0.2, 0.25) is 0 Å². The van der Waals surface area contributed by atoms with E-state index in [1.807, 2.05) is 6.92 Å². The molecule has 0 amide bonds. The van der Waals surface area contributed by atoms with E-state index in [2.05, 4.69) is 5.10 Å². The van der Waals surface area contributed by atoms with Crippen LogP contribution in [-0.4, -0.2) is 23.0 Å². The number of nitrogen functional groups attached to an aromatic ring is 1. The number of nitrogens with two attached hydrogens (primary N) is 1. The Labute approximate surface area is 82.5 Å². The number of rotatable bonds is 5. The summed E-state index contributed by atoms with van der Waals surface area (Å²) < 4.78 is 6.55. The first-order valence-corrected chi connectivity index (χ1v) is 4.65. The molecule has 0 fully saturated rings. The molecule has 0 aliphatic rings. The van der Waals surface area contributed by atoms with Crippen molar-refractivity contribution in [2.24, 2.45) is 0 Å². The first-order chi connectivity index (χ1) is 6.74.